The molecule has 9 heteroatoms. The third kappa shape index (κ3) is 5.00. The summed E-state index contributed by atoms with van der Waals surface area (Å²) in [5, 5.41) is 10.2. The van der Waals surface area contributed by atoms with Crippen molar-refractivity contribution in [2.24, 2.45) is 0 Å². The third-order valence-corrected chi connectivity index (χ3v) is 4.66. The molecule has 0 saturated carbocycles. The summed E-state index contributed by atoms with van der Waals surface area (Å²) in [6, 6.07) is 9.40. The number of esters is 1. The summed E-state index contributed by atoms with van der Waals surface area (Å²) in [4.78, 5) is 36.3. The molecule has 0 unspecified atom stereocenters. The molecular formula is C20H24N2O7. The average Bonchev–Trinajstić information content (AvgIpc) is 3.07. The van der Waals surface area contributed by atoms with Gasteiger partial charge in [0.15, 0.2) is 0 Å². The second-order valence-electron chi connectivity index (χ2n) is 6.93. The maximum Gasteiger partial charge on any atom is 0.335 e. The van der Waals surface area contributed by atoms with Crippen LogP contribution in [0.25, 0.3) is 0 Å². The normalized spacial score (nSPS) is 21.3. The number of aromatic nitrogens is 2. The van der Waals surface area contributed by atoms with E-state index in [-0.39, 0.29) is 26.4 Å². The van der Waals surface area contributed by atoms with Gasteiger partial charge in [-0.05, 0) is 12.5 Å². The van der Waals surface area contributed by atoms with Gasteiger partial charge in [-0.1, -0.05) is 30.3 Å². The minimum atomic E-state index is -0.902. The molecule has 1 fully saturated rings. The fraction of sp³-hybridized carbons (Fsp3) is 0.450. The van der Waals surface area contributed by atoms with Crippen molar-refractivity contribution in [3.63, 3.8) is 0 Å². The molecule has 3 rings (SSSR count). The Morgan fingerprint density at radius 1 is 1.28 bits per heavy atom. The number of carbonyl (C=O) groups is 1. The Balaban J connectivity index is 1.76. The standard InChI is InChI=1S/C20H24N2O7/c1-13-9-21(18-8-16(24)17(29-18)11-28-14(2)23)20(26)22(19(13)25)12-27-10-15-6-4-3-5-7-15/h3-7,9,16-18,24H,8,10-12H2,1-2H3/t16-,17+,18+/m0/s1. The predicted octanol–water partition coefficient (Wildman–Crippen LogP) is 0.704. The van der Waals surface area contributed by atoms with E-state index in [0.29, 0.717) is 5.56 Å². The Bertz CT molecular complexity index is 967. The molecule has 1 aliphatic heterocycles. The zero-order valence-corrected chi connectivity index (χ0v) is 16.3. The first kappa shape index (κ1) is 21.0. The minimum Gasteiger partial charge on any atom is -0.463 e. The number of nitrogens with zero attached hydrogens (tertiary/aromatic N) is 2. The molecule has 2 aromatic rings. The van der Waals surface area contributed by atoms with Crippen molar-refractivity contribution in [3.05, 3.63) is 68.5 Å². The molecule has 156 valence electrons. The number of benzene rings is 1. The number of carbonyl (C=O) groups excluding carboxylic acids is 1. The van der Waals surface area contributed by atoms with Crippen LogP contribution in [0, 0.1) is 6.92 Å². The minimum absolute atomic E-state index is 0.111. The number of aliphatic hydroxyl groups is 1. The van der Waals surface area contributed by atoms with Gasteiger partial charge in [0.25, 0.3) is 5.56 Å². The van der Waals surface area contributed by atoms with Gasteiger partial charge in [-0.3, -0.25) is 14.2 Å². The Hall–Kier alpha value is -2.75. The van der Waals surface area contributed by atoms with Gasteiger partial charge >= 0.3 is 11.7 Å². The molecular weight excluding hydrogens is 380 g/mol. The number of hydrogen-bond donors (Lipinski definition) is 1. The highest BCUT2D eigenvalue weighted by Crippen LogP contribution is 2.27. The van der Waals surface area contributed by atoms with Crippen LogP contribution in [0.1, 0.15) is 30.7 Å². The van der Waals surface area contributed by atoms with Crippen LogP contribution >= 0.6 is 0 Å². The molecule has 3 atom stereocenters. The van der Waals surface area contributed by atoms with Gasteiger partial charge in [0, 0.05) is 25.1 Å². The summed E-state index contributed by atoms with van der Waals surface area (Å²) in [5.41, 5.74) is 0.215. The number of aliphatic hydroxyl groups excluding tert-OH is 1. The van der Waals surface area contributed by atoms with Gasteiger partial charge in [-0.15, -0.1) is 0 Å². The van der Waals surface area contributed by atoms with E-state index in [2.05, 4.69) is 0 Å². The van der Waals surface area contributed by atoms with Gasteiger partial charge in [0.1, 0.15) is 25.7 Å². The van der Waals surface area contributed by atoms with Crippen LogP contribution in [-0.2, 0) is 32.3 Å². The molecule has 0 radical (unpaired) electrons. The number of hydrogen-bond acceptors (Lipinski definition) is 7. The van der Waals surface area contributed by atoms with Crippen molar-refractivity contribution in [1.82, 2.24) is 9.13 Å². The van der Waals surface area contributed by atoms with Crippen molar-refractivity contribution in [2.75, 3.05) is 6.61 Å². The Kier molecular flexibility index (Phi) is 6.63. The lowest BCUT2D eigenvalue weighted by atomic mass is 10.2. The number of ether oxygens (including phenoxy) is 3. The van der Waals surface area contributed by atoms with Crippen LogP contribution in [0.5, 0.6) is 0 Å². The number of aryl methyl sites for hydroxylation is 1. The Morgan fingerprint density at radius 2 is 2.00 bits per heavy atom. The first-order valence-electron chi connectivity index (χ1n) is 9.28. The molecule has 9 nitrogen and oxygen atoms in total. The summed E-state index contributed by atoms with van der Waals surface area (Å²) < 4.78 is 18.4. The largest absolute Gasteiger partial charge is 0.463 e. The molecule has 0 amide bonds. The Morgan fingerprint density at radius 3 is 2.69 bits per heavy atom. The lowest BCUT2D eigenvalue weighted by Gasteiger charge is -2.18. The smallest absolute Gasteiger partial charge is 0.335 e. The van der Waals surface area contributed by atoms with E-state index in [4.69, 9.17) is 14.2 Å². The molecule has 29 heavy (non-hydrogen) atoms. The topological polar surface area (TPSA) is 109 Å². The first-order chi connectivity index (χ1) is 13.9. The summed E-state index contributed by atoms with van der Waals surface area (Å²) in [5.74, 6) is -0.485. The molecule has 2 heterocycles. The van der Waals surface area contributed by atoms with Gasteiger partial charge in [-0.2, -0.15) is 0 Å². The lowest BCUT2D eigenvalue weighted by molar-refractivity contribution is -0.147. The molecule has 1 saturated heterocycles. The summed E-state index contributed by atoms with van der Waals surface area (Å²) in [6.45, 7) is 2.79. The first-order valence-corrected chi connectivity index (χ1v) is 9.28. The Labute approximate surface area is 167 Å². The highest BCUT2D eigenvalue weighted by molar-refractivity contribution is 5.65. The van der Waals surface area contributed by atoms with Crippen LogP contribution in [0.15, 0.2) is 46.1 Å². The molecule has 0 bridgehead atoms. The predicted molar refractivity (Wildman–Crippen MR) is 102 cm³/mol. The van der Waals surface area contributed by atoms with E-state index < -0.39 is 35.7 Å². The number of rotatable bonds is 7. The van der Waals surface area contributed by atoms with E-state index in [9.17, 15) is 19.5 Å². The maximum atomic E-state index is 12.8. The van der Waals surface area contributed by atoms with Crippen molar-refractivity contribution < 1.29 is 24.1 Å². The second-order valence-corrected chi connectivity index (χ2v) is 6.93. The van der Waals surface area contributed by atoms with E-state index in [0.717, 1.165) is 10.1 Å². The highest BCUT2D eigenvalue weighted by Gasteiger charge is 2.36. The zero-order chi connectivity index (χ0) is 21.0. The van der Waals surface area contributed by atoms with Crippen LogP contribution in [-0.4, -0.2) is 39.0 Å². The van der Waals surface area contributed by atoms with E-state index >= 15 is 0 Å². The van der Waals surface area contributed by atoms with Gasteiger partial charge < -0.3 is 19.3 Å². The summed E-state index contributed by atoms with van der Waals surface area (Å²) in [6.07, 6.45) is -0.886. The molecule has 0 spiro atoms. The second kappa shape index (κ2) is 9.17. The van der Waals surface area contributed by atoms with Crippen LogP contribution in [0.2, 0.25) is 0 Å². The average molecular weight is 404 g/mol. The SMILES string of the molecule is CC(=O)OC[C@H]1O[C@@H](n2cc(C)c(=O)n(COCc3ccccc3)c2=O)C[C@@H]1O. The van der Waals surface area contributed by atoms with Gasteiger partial charge in [0.2, 0.25) is 0 Å². The van der Waals surface area contributed by atoms with Crippen LogP contribution in [0.3, 0.4) is 0 Å². The van der Waals surface area contributed by atoms with E-state index in [1.807, 2.05) is 30.3 Å². The molecule has 0 aliphatic carbocycles. The van der Waals surface area contributed by atoms with E-state index in [1.165, 1.54) is 17.7 Å². The zero-order valence-electron chi connectivity index (χ0n) is 16.3. The molecule has 1 N–H and O–H groups in total. The molecule has 1 aliphatic rings. The highest BCUT2D eigenvalue weighted by atomic mass is 16.6. The van der Waals surface area contributed by atoms with Crippen molar-refractivity contribution in [3.8, 4) is 0 Å². The lowest BCUT2D eigenvalue weighted by Crippen LogP contribution is -2.42. The summed E-state index contributed by atoms with van der Waals surface area (Å²) >= 11 is 0. The van der Waals surface area contributed by atoms with Crippen molar-refractivity contribution in [2.45, 2.75) is 52.0 Å². The van der Waals surface area contributed by atoms with Crippen molar-refractivity contribution in [1.29, 1.82) is 0 Å². The monoisotopic (exact) mass is 404 g/mol. The van der Waals surface area contributed by atoms with E-state index in [1.54, 1.807) is 6.92 Å². The molecule has 1 aromatic carbocycles. The van der Waals surface area contributed by atoms with Crippen LogP contribution < -0.4 is 11.2 Å². The fourth-order valence-corrected chi connectivity index (χ4v) is 3.14. The fourth-order valence-electron chi connectivity index (χ4n) is 3.14. The molecule has 1 aromatic heterocycles. The van der Waals surface area contributed by atoms with Crippen LogP contribution in [0.4, 0.5) is 0 Å². The summed E-state index contributed by atoms with van der Waals surface area (Å²) in [7, 11) is 0. The van der Waals surface area contributed by atoms with Crippen molar-refractivity contribution >= 4 is 5.97 Å². The quantitative estimate of drug-likeness (QED) is 0.677. The third-order valence-electron chi connectivity index (χ3n) is 4.66. The van der Waals surface area contributed by atoms with Gasteiger partial charge in [-0.25, -0.2) is 9.36 Å². The van der Waals surface area contributed by atoms with Gasteiger partial charge in [0.05, 0.1) is 12.7 Å². The maximum absolute atomic E-state index is 12.8.